The van der Waals surface area contributed by atoms with Crippen LogP contribution in [-0.4, -0.2) is 35.4 Å². The number of aryl methyl sites for hydroxylation is 1. The Balaban J connectivity index is 1.79. The van der Waals surface area contributed by atoms with Crippen LogP contribution in [0.2, 0.25) is 0 Å². The number of hydrogen-bond acceptors (Lipinski definition) is 7. The van der Waals surface area contributed by atoms with Crippen LogP contribution < -0.4 is 25.7 Å². The minimum absolute atomic E-state index is 0.146. The van der Waals surface area contributed by atoms with Crippen molar-refractivity contribution in [1.29, 1.82) is 0 Å². The molecule has 0 saturated heterocycles. The number of aromatic nitrogens is 1. The minimum atomic E-state index is -0.774. The fraction of sp³-hybridized carbons (Fsp3) is 0.240. The number of anilines is 1. The Kier molecular flexibility index (Phi) is 8.33. The van der Waals surface area contributed by atoms with Gasteiger partial charge in [-0.2, -0.15) is 0 Å². The predicted molar refractivity (Wildman–Crippen MR) is 129 cm³/mol. The average Bonchev–Trinajstić information content (AvgIpc) is 2.85. The number of ether oxygens (including phenoxy) is 3. The van der Waals surface area contributed by atoms with Crippen molar-refractivity contribution in [2.24, 2.45) is 7.05 Å². The zero-order chi connectivity index (χ0) is 25.4. The SMILES string of the molecule is CCOC(=O)C[C@H](NC(=O)Nc1c(O)ccn(C)c1=O)c1ccc(Oc2ccccc2OC)cc1. The third kappa shape index (κ3) is 6.53. The van der Waals surface area contributed by atoms with Gasteiger partial charge >= 0.3 is 12.0 Å². The molecule has 0 bridgehead atoms. The topological polar surface area (TPSA) is 128 Å². The third-order valence-corrected chi connectivity index (χ3v) is 5.05. The maximum atomic E-state index is 12.7. The van der Waals surface area contributed by atoms with Gasteiger partial charge in [0.1, 0.15) is 11.5 Å². The number of methoxy groups -OCH3 is 1. The van der Waals surface area contributed by atoms with Gasteiger partial charge in [-0.05, 0) is 42.8 Å². The summed E-state index contributed by atoms with van der Waals surface area (Å²) in [7, 11) is 3.04. The molecule has 3 N–H and O–H groups in total. The number of carbonyl (C=O) groups excluding carboxylic acids is 2. The molecule has 0 saturated carbocycles. The molecular formula is C25H27N3O7. The number of pyridine rings is 1. The standard InChI is InChI=1S/C25H27N3O7/c1-4-34-22(30)15-18(26-25(32)27-23-19(29)13-14-28(2)24(23)31)16-9-11-17(12-10-16)35-21-8-6-5-7-20(21)33-3/h5-14,18,29H,4,15H2,1-3H3,(H2,26,27,32)/t18-/m0/s1. The van der Waals surface area contributed by atoms with Crippen LogP contribution in [0, 0.1) is 0 Å². The van der Waals surface area contributed by atoms with Crippen LogP contribution in [0.25, 0.3) is 0 Å². The molecule has 0 spiro atoms. The molecule has 0 radical (unpaired) electrons. The highest BCUT2D eigenvalue weighted by Crippen LogP contribution is 2.31. The van der Waals surface area contributed by atoms with Gasteiger partial charge in [-0.3, -0.25) is 9.59 Å². The van der Waals surface area contributed by atoms with E-state index in [0.29, 0.717) is 22.8 Å². The van der Waals surface area contributed by atoms with Gasteiger partial charge in [-0.25, -0.2) is 4.79 Å². The molecule has 35 heavy (non-hydrogen) atoms. The lowest BCUT2D eigenvalue weighted by Crippen LogP contribution is -2.36. The van der Waals surface area contributed by atoms with E-state index in [1.807, 2.05) is 12.1 Å². The summed E-state index contributed by atoms with van der Waals surface area (Å²) in [6, 6.07) is 13.7. The first-order valence-electron chi connectivity index (χ1n) is 10.8. The summed E-state index contributed by atoms with van der Waals surface area (Å²) in [5, 5.41) is 15.0. The van der Waals surface area contributed by atoms with Crippen molar-refractivity contribution in [2.45, 2.75) is 19.4 Å². The summed E-state index contributed by atoms with van der Waals surface area (Å²) in [5.41, 5.74) is -0.256. The van der Waals surface area contributed by atoms with Crippen LogP contribution in [0.4, 0.5) is 10.5 Å². The second-order valence-corrected chi connectivity index (χ2v) is 7.47. The molecular weight excluding hydrogens is 454 g/mol. The van der Waals surface area contributed by atoms with E-state index in [2.05, 4.69) is 10.6 Å². The molecule has 10 nitrogen and oxygen atoms in total. The van der Waals surface area contributed by atoms with Crippen molar-refractivity contribution in [3.8, 4) is 23.0 Å². The van der Waals surface area contributed by atoms with Crippen molar-refractivity contribution in [3.05, 3.63) is 76.7 Å². The van der Waals surface area contributed by atoms with Crippen molar-refractivity contribution < 1.29 is 28.9 Å². The molecule has 3 rings (SSSR count). The molecule has 2 amide bonds. The molecule has 0 fully saturated rings. The maximum Gasteiger partial charge on any atom is 0.319 e. The second kappa shape index (κ2) is 11.6. The number of urea groups is 1. The van der Waals surface area contributed by atoms with Gasteiger partial charge in [0, 0.05) is 13.2 Å². The molecule has 1 heterocycles. The summed E-state index contributed by atoms with van der Waals surface area (Å²) in [4.78, 5) is 37.1. The Labute approximate surface area is 202 Å². The first-order chi connectivity index (χ1) is 16.8. The number of rotatable bonds is 9. The maximum absolute atomic E-state index is 12.7. The van der Waals surface area contributed by atoms with E-state index in [-0.39, 0.29) is 24.5 Å². The summed E-state index contributed by atoms with van der Waals surface area (Å²) in [5.74, 6) is 0.752. The molecule has 0 aliphatic rings. The molecule has 184 valence electrons. The molecule has 2 aromatic carbocycles. The van der Waals surface area contributed by atoms with Crippen LogP contribution in [0.15, 0.2) is 65.6 Å². The number of carbonyl (C=O) groups is 2. The summed E-state index contributed by atoms with van der Waals surface area (Å²) < 4.78 is 17.4. The molecule has 3 aromatic rings. The van der Waals surface area contributed by atoms with E-state index >= 15 is 0 Å². The second-order valence-electron chi connectivity index (χ2n) is 7.47. The van der Waals surface area contributed by atoms with Gasteiger partial charge < -0.3 is 34.5 Å². The van der Waals surface area contributed by atoms with Crippen LogP contribution in [0.1, 0.15) is 24.9 Å². The Morgan fingerprint density at radius 1 is 1.06 bits per heavy atom. The monoisotopic (exact) mass is 481 g/mol. The average molecular weight is 482 g/mol. The van der Waals surface area contributed by atoms with Crippen LogP contribution in [-0.2, 0) is 16.6 Å². The van der Waals surface area contributed by atoms with E-state index in [1.165, 1.54) is 23.9 Å². The predicted octanol–water partition coefficient (Wildman–Crippen LogP) is 3.71. The number of para-hydroxylation sites is 2. The van der Waals surface area contributed by atoms with Crippen molar-refractivity contribution in [1.82, 2.24) is 9.88 Å². The van der Waals surface area contributed by atoms with Gasteiger partial charge in [-0.15, -0.1) is 0 Å². The number of benzene rings is 2. The van der Waals surface area contributed by atoms with Gasteiger partial charge in [-0.1, -0.05) is 24.3 Å². The highest BCUT2D eigenvalue weighted by molar-refractivity contribution is 5.91. The molecule has 0 aliphatic carbocycles. The molecule has 10 heteroatoms. The van der Waals surface area contributed by atoms with E-state index in [1.54, 1.807) is 50.4 Å². The Morgan fingerprint density at radius 2 is 1.74 bits per heavy atom. The molecule has 1 atom stereocenters. The molecule has 0 unspecified atom stereocenters. The lowest BCUT2D eigenvalue weighted by Gasteiger charge is -2.19. The molecule has 1 aromatic heterocycles. The van der Waals surface area contributed by atoms with Gasteiger partial charge in [0.05, 0.1) is 26.2 Å². The van der Waals surface area contributed by atoms with Crippen LogP contribution >= 0.6 is 0 Å². The van der Waals surface area contributed by atoms with Gasteiger partial charge in [0.15, 0.2) is 17.2 Å². The largest absolute Gasteiger partial charge is 0.505 e. The van der Waals surface area contributed by atoms with Gasteiger partial charge in [0.25, 0.3) is 5.56 Å². The number of aromatic hydroxyl groups is 1. The van der Waals surface area contributed by atoms with Gasteiger partial charge in [0.2, 0.25) is 0 Å². The first kappa shape index (κ1) is 25.2. The fourth-order valence-electron chi connectivity index (χ4n) is 3.28. The Morgan fingerprint density at radius 3 is 2.40 bits per heavy atom. The fourth-order valence-corrected chi connectivity index (χ4v) is 3.28. The van der Waals surface area contributed by atoms with E-state index in [4.69, 9.17) is 14.2 Å². The summed E-state index contributed by atoms with van der Waals surface area (Å²) >= 11 is 0. The highest BCUT2D eigenvalue weighted by Gasteiger charge is 2.21. The van der Waals surface area contributed by atoms with Crippen molar-refractivity contribution >= 4 is 17.7 Å². The third-order valence-electron chi connectivity index (χ3n) is 5.05. The number of hydrogen-bond donors (Lipinski definition) is 3. The smallest absolute Gasteiger partial charge is 0.319 e. The van der Waals surface area contributed by atoms with Crippen molar-refractivity contribution in [3.63, 3.8) is 0 Å². The quantitative estimate of drug-likeness (QED) is 0.398. The minimum Gasteiger partial charge on any atom is -0.505 e. The normalized spacial score (nSPS) is 11.3. The number of amides is 2. The zero-order valence-electron chi connectivity index (χ0n) is 19.6. The highest BCUT2D eigenvalue weighted by atomic mass is 16.5. The first-order valence-corrected chi connectivity index (χ1v) is 10.8. The Hall–Kier alpha value is -4.47. The zero-order valence-corrected chi connectivity index (χ0v) is 19.6. The lowest BCUT2D eigenvalue weighted by atomic mass is 10.0. The lowest BCUT2D eigenvalue weighted by molar-refractivity contribution is -0.143. The Bertz CT molecular complexity index is 1240. The number of nitrogens with zero attached hydrogens (tertiary/aromatic N) is 1. The van der Waals surface area contributed by atoms with E-state index < -0.39 is 23.6 Å². The number of esters is 1. The van der Waals surface area contributed by atoms with E-state index in [0.717, 1.165) is 0 Å². The number of nitrogens with one attached hydrogen (secondary N) is 2. The van der Waals surface area contributed by atoms with E-state index in [9.17, 15) is 19.5 Å². The van der Waals surface area contributed by atoms with Crippen molar-refractivity contribution in [2.75, 3.05) is 19.0 Å². The van der Waals surface area contributed by atoms with Crippen LogP contribution in [0.3, 0.4) is 0 Å². The summed E-state index contributed by atoms with van der Waals surface area (Å²) in [6.45, 7) is 1.88. The summed E-state index contributed by atoms with van der Waals surface area (Å²) in [6.07, 6.45) is 1.23. The van der Waals surface area contributed by atoms with Crippen LogP contribution in [0.5, 0.6) is 23.0 Å². The molecule has 0 aliphatic heterocycles.